The fourth-order valence-corrected chi connectivity index (χ4v) is 3.51. The summed E-state index contributed by atoms with van der Waals surface area (Å²) in [6.07, 6.45) is 1.62. The number of aromatic nitrogens is 3. The quantitative estimate of drug-likeness (QED) is 0.642. The van der Waals surface area contributed by atoms with Gasteiger partial charge in [0, 0.05) is 18.7 Å². The number of anilines is 2. The van der Waals surface area contributed by atoms with Crippen molar-refractivity contribution >= 4 is 33.3 Å². The number of morpholine rings is 1. The van der Waals surface area contributed by atoms with E-state index in [2.05, 4.69) is 41.3 Å². The second-order valence-corrected chi connectivity index (χ2v) is 7.11. The molecule has 1 fully saturated rings. The number of pyridine rings is 1. The maximum absolute atomic E-state index is 13.0. The van der Waals surface area contributed by atoms with Gasteiger partial charge in [0.2, 0.25) is 0 Å². The predicted molar refractivity (Wildman–Crippen MR) is 107 cm³/mol. The molecule has 4 rings (SSSR count). The van der Waals surface area contributed by atoms with E-state index in [4.69, 9.17) is 4.74 Å². The first-order valence-corrected chi connectivity index (χ1v) is 9.50. The number of carbonyl (C=O) groups excluding carboxylic acids is 1. The Hall–Kier alpha value is -2.78. The summed E-state index contributed by atoms with van der Waals surface area (Å²) in [5, 5.41) is 9.62. The number of nitrogens with zero attached hydrogens (tertiary/aromatic N) is 3. The molecule has 1 aliphatic heterocycles. The lowest BCUT2D eigenvalue weighted by atomic mass is 10.1. The van der Waals surface area contributed by atoms with E-state index < -0.39 is 0 Å². The Morgan fingerprint density at radius 3 is 2.68 bits per heavy atom. The van der Waals surface area contributed by atoms with Crippen LogP contribution >= 0.6 is 15.9 Å². The van der Waals surface area contributed by atoms with Gasteiger partial charge in [0.1, 0.15) is 17.3 Å². The number of ether oxygens (including phenoxy) is 1. The summed E-state index contributed by atoms with van der Waals surface area (Å²) in [7, 11) is 0. The van der Waals surface area contributed by atoms with Crippen LogP contribution < -0.4 is 10.2 Å². The van der Waals surface area contributed by atoms with Gasteiger partial charge in [-0.25, -0.2) is 9.37 Å². The first-order chi connectivity index (χ1) is 13.6. The molecule has 2 N–H and O–H groups in total. The number of nitrogens with one attached hydrogen (secondary N) is 2. The number of hydrogen-bond acceptors (Lipinski definition) is 5. The zero-order chi connectivity index (χ0) is 19.5. The van der Waals surface area contributed by atoms with E-state index in [0.29, 0.717) is 30.3 Å². The van der Waals surface area contributed by atoms with Crippen LogP contribution in [0.1, 0.15) is 10.5 Å². The third kappa shape index (κ3) is 4.05. The Bertz CT molecular complexity index is 986. The van der Waals surface area contributed by atoms with E-state index in [1.807, 2.05) is 6.07 Å². The Kier molecular flexibility index (Phi) is 5.36. The summed E-state index contributed by atoms with van der Waals surface area (Å²) in [6, 6.07) is 9.35. The molecule has 0 spiro atoms. The summed E-state index contributed by atoms with van der Waals surface area (Å²) in [5.74, 6) is 0.158. The van der Waals surface area contributed by atoms with Crippen molar-refractivity contribution in [3.63, 3.8) is 0 Å². The number of hydrogen-bond donors (Lipinski definition) is 2. The Morgan fingerprint density at radius 2 is 1.96 bits per heavy atom. The van der Waals surface area contributed by atoms with E-state index in [-0.39, 0.29) is 11.7 Å². The summed E-state index contributed by atoms with van der Waals surface area (Å²) in [5.41, 5.74) is 2.14. The van der Waals surface area contributed by atoms with Gasteiger partial charge in [-0.3, -0.25) is 9.89 Å². The van der Waals surface area contributed by atoms with Gasteiger partial charge >= 0.3 is 0 Å². The van der Waals surface area contributed by atoms with E-state index >= 15 is 0 Å². The molecule has 144 valence electrons. The van der Waals surface area contributed by atoms with Gasteiger partial charge in [-0.05, 0) is 52.3 Å². The number of rotatable bonds is 4. The number of carbonyl (C=O) groups is 1. The molecule has 7 nitrogen and oxygen atoms in total. The van der Waals surface area contributed by atoms with E-state index in [9.17, 15) is 9.18 Å². The second-order valence-electron chi connectivity index (χ2n) is 6.26. The topological polar surface area (TPSA) is 83.1 Å². The second kappa shape index (κ2) is 8.07. The van der Waals surface area contributed by atoms with Crippen LogP contribution in [0.5, 0.6) is 0 Å². The Labute approximate surface area is 169 Å². The van der Waals surface area contributed by atoms with E-state index in [1.54, 1.807) is 24.4 Å². The monoisotopic (exact) mass is 445 g/mol. The number of H-pyrrole nitrogens is 1. The largest absolute Gasteiger partial charge is 0.378 e. The Balaban J connectivity index is 1.46. The molecule has 1 saturated heterocycles. The zero-order valence-corrected chi connectivity index (χ0v) is 16.4. The van der Waals surface area contributed by atoms with Gasteiger partial charge in [-0.15, -0.1) is 0 Å². The van der Waals surface area contributed by atoms with Crippen molar-refractivity contribution in [2.75, 3.05) is 36.5 Å². The van der Waals surface area contributed by atoms with Crippen molar-refractivity contribution in [1.82, 2.24) is 15.2 Å². The molecule has 0 aliphatic carbocycles. The van der Waals surface area contributed by atoms with Gasteiger partial charge in [-0.1, -0.05) is 0 Å². The average molecular weight is 446 g/mol. The molecular formula is C19H17BrFN5O2. The minimum absolute atomic E-state index is 0.299. The number of aromatic amines is 1. The van der Waals surface area contributed by atoms with Crippen molar-refractivity contribution in [3.05, 3.63) is 58.6 Å². The third-order valence-electron chi connectivity index (χ3n) is 4.35. The molecule has 1 amide bonds. The molecule has 9 heteroatoms. The summed E-state index contributed by atoms with van der Waals surface area (Å²) in [6.45, 7) is 2.89. The summed E-state index contributed by atoms with van der Waals surface area (Å²) < 4.78 is 19.2. The van der Waals surface area contributed by atoms with Crippen LogP contribution in [0.3, 0.4) is 0 Å². The van der Waals surface area contributed by atoms with Crippen molar-refractivity contribution in [2.45, 2.75) is 0 Å². The molecule has 3 aromatic rings. The summed E-state index contributed by atoms with van der Waals surface area (Å²) in [4.78, 5) is 19.1. The predicted octanol–water partition coefficient (Wildman–Crippen LogP) is 3.46. The van der Waals surface area contributed by atoms with Crippen molar-refractivity contribution in [1.29, 1.82) is 0 Å². The van der Waals surface area contributed by atoms with Crippen LogP contribution in [0.2, 0.25) is 0 Å². The van der Waals surface area contributed by atoms with Gasteiger partial charge < -0.3 is 15.0 Å². The van der Waals surface area contributed by atoms with Crippen LogP contribution in [-0.2, 0) is 4.74 Å². The Morgan fingerprint density at radius 1 is 1.21 bits per heavy atom. The molecule has 28 heavy (non-hydrogen) atoms. The molecule has 1 aromatic carbocycles. The van der Waals surface area contributed by atoms with Crippen LogP contribution in [0.4, 0.5) is 15.9 Å². The highest BCUT2D eigenvalue weighted by molar-refractivity contribution is 9.10. The minimum Gasteiger partial charge on any atom is -0.378 e. The molecule has 0 bridgehead atoms. The average Bonchev–Trinajstić information content (AvgIpc) is 3.20. The highest BCUT2D eigenvalue weighted by Gasteiger charge is 2.17. The number of halogens is 2. The standard InChI is InChI=1S/C19H17BrFN5O2/c20-15-9-14(11-22-18(15)26-5-7-28-8-6-26)23-19(27)17-10-16(24-25-17)12-1-3-13(21)4-2-12/h1-4,9-11H,5-8H2,(H,23,27)(H,24,25). The molecule has 0 unspecified atom stereocenters. The van der Waals surface area contributed by atoms with Crippen LogP contribution in [0.25, 0.3) is 11.3 Å². The first-order valence-electron chi connectivity index (χ1n) is 8.71. The normalized spacial score (nSPS) is 14.1. The van der Waals surface area contributed by atoms with Crippen LogP contribution in [-0.4, -0.2) is 47.4 Å². The highest BCUT2D eigenvalue weighted by Crippen LogP contribution is 2.27. The fourth-order valence-electron chi connectivity index (χ4n) is 2.91. The lowest BCUT2D eigenvalue weighted by Gasteiger charge is -2.28. The maximum Gasteiger partial charge on any atom is 0.273 e. The van der Waals surface area contributed by atoms with Gasteiger partial charge in [0.25, 0.3) is 5.91 Å². The number of benzene rings is 1. The van der Waals surface area contributed by atoms with Crippen molar-refractivity contribution < 1.29 is 13.9 Å². The van der Waals surface area contributed by atoms with Crippen LogP contribution in [0.15, 0.2) is 47.1 Å². The molecule has 3 heterocycles. The molecule has 0 atom stereocenters. The summed E-state index contributed by atoms with van der Waals surface area (Å²) >= 11 is 3.52. The SMILES string of the molecule is O=C(Nc1cnc(N2CCOCC2)c(Br)c1)c1cc(-c2ccc(F)cc2)n[nH]1. The van der Waals surface area contributed by atoms with E-state index in [1.165, 1.54) is 12.1 Å². The maximum atomic E-state index is 13.0. The van der Waals surface area contributed by atoms with E-state index in [0.717, 1.165) is 28.9 Å². The molecule has 1 aliphatic rings. The first kappa shape index (κ1) is 18.6. The lowest BCUT2D eigenvalue weighted by molar-refractivity contribution is 0.102. The van der Waals surface area contributed by atoms with Crippen molar-refractivity contribution in [2.24, 2.45) is 0 Å². The van der Waals surface area contributed by atoms with Gasteiger partial charge in [0.05, 0.1) is 35.3 Å². The fraction of sp³-hybridized carbons (Fsp3) is 0.211. The third-order valence-corrected chi connectivity index (χ3v) is 4.94. The zero-order valence-electron chi connectivity index (χ0n) is 14.8. The number of amides is 1. The minimum atomic E-state index is -0.339. The highest BCUT2D eigenvalue weighted by atomic mass is 79.9. The van der Waals surface area contributed by atoms with Gasteiger partial charge in [0.15, 0.2) is 0 Å². The molecule has 0 radical (unpaired) electrons. The smallest absolute Gasteiger partial charge is 0.273 e. The van der Waals surface area contributed by atoms with Crippen molar-refractivity contribution in [3.8, 4) is 11.3 Å². The molecule has 0 saturated carbocycles. The van der Waals surface area contributed by atoms with Gasteiger partial charge in [-0.2, -0.15) is 5.10 Å². The lowest BCUT2D eigenvalue weighted by Crippen LogP contribution is -2.37. The molecular weight excluding hydrogens is 429 g/mol. The van der Waals surface area contributed by atoms with Crippen LogP contribution in [0, 0.1) is 5.82 Å². The molecule has 2 aromatic heterocycles.